The summed E-state index contributed by atoms with van der Waals surface area (Å²) in [5.41, 5.74) is 0. The highest BCUT2D eigenvalue weighted by Gasteiger charge is 2.24. The molecule has 5 nitrogen and oxygen atoms in total. The minimum atomic E-state index is -0.671. The van der Waals surface area contributed by atoms with E-state index in [1.54, 1.807) is 7.11 Å². The van der Waals surface area contributed by atoms with E-state index in [0.29, 0.717) is 19.8 Å². The van der Waals surface area contributed by atoms with E-state index in [1.807, 2.05) is 0 Å². The number of rotatable bonds is 8. The Labute approximate surface area is 103 Å². The fourth-order valence-electron chi connectivity index (χ4n) is 2.06. The monoisotopic (exact) mass is 245 g/mol. The van der Waals surface area contributed by atoms with Crippen LogP contribution in [0.15, 0.2) is 0 Å². The molecule has 1 fully saturated rings. The smallest absolute Gasteiger partial charge is 0.307 e. The van der Waals surface area contributed by atoms with Crippen LogP contribution < -0.4 is 0 Å². The predicted octanol–water partition coefficient (Wildman–Crippen LogP) is 0.836. The van der Waals surface area contributed by atoms with E-state index in [0.717, 1.165) is 39.0 Å². The zero-order valence-electron chi connectivity index (χ0n) is 10.6. The van der Waals surface area contributed by atoms with Gasteiger partial charge in [-0.25, -0.2) is 0 Å². The molecule has 17 heavy (non-hydrogen) atoms. The molecule has 0 spiro atoms. The maximum atomic E-state index is 10.9. The molecule has 1 aliphatic heterocycles. The Kier molecular flexibility index (Phi) is 7.16. The van der Waals surface area contributed by atoms with Crippen molar-refractivity contribution in [1.29, 1.82) is 0 Å². The lowest BCUT2D eigenvalue weighted by Crippen LogP contribution is -2.40. The van der Waals surface area contributed by atoms with E-state index < -0.39 is 5.97 Å². The van der Waals surface area contributed by atoms with Crippen LogP contribution in [0.25, 0.3) is 0 Å². The van der Waals surface area contributed by atoms with Gasteiger partial charge in [-0.2, -0.15) is 0 Å². The topological polar surface area (TPSA) is 59.0 Å². The van der Waals surface area contributed by atoms with Gasteiger partial charge in [0.2, 0.25) is 0 Å². The molecular weight excluding hydrogens is 222 g/mol. The molecule has 0 amide bonds. The summed E-state index contributed by atoms with van der Waals surface area (Å²) >= 11 is 0. The Morgan fingerprint density at radius 3 is 2.94 bits per heavy atom. The SMILES string of the molecule is COCCCOCCN1CCCC(C(=O)O)C1. The lowest BCUT2D eigenvalue weighted by molar-refractivity contribution is -0.143. The molecule has 1 aliphatic rings. The highest BCUT2D eigenvalue weighted by Crippen LogP contribution is 2.15. The van der Waals surface area contributed by atoms with Crippen molar-refractivity contribution in [2.45, 2.75) is 19.3 Å². The number of carboxylic acids is 1. The molecule has 0 aromatic carbocycles. The average Bonchev–Trinajstić information content (AvgIpc) is 2.34. The molecule has 5 heteroatoms. The summed E-state index contributed by atoms with van der Waals surface area (Å²) in [4.78, 5) is 13.1. The predicted molar refractivity (Wildman–Crippen MR) is 64.1 cm³/mol. The maximum Gasteiger partial charge on any atom is 0.307 e. The molecule has 1 unspecified atom stereocenters. The van der Waals surface area contributed by atoms with Crippen molar-refractivity contribution in [3.05, 3.63) is 0 Å². The van der Waals surface area contributed by atoms with Crippen LogP contribution in [-0.4, -0.2) is 62.5 Å². The largest absolute Gasteiger partial charge is 0.481 e. The van der Waals surface area contributed by atoms with E-state index >= 15 is 0 Å². The Morgan fingerprint density at radius 2 is 2.24 bits per heavy atom. The van der Waals surface area contributed by atoms with Crippen LogP contribution in [0.4, 0.5) is 0 Å². The van der Waals surface area contributed by atoms with Crippen LogP contribution in [0.3, 0.4) is 0 Å². The first-order chi connectivity index (χ1) is 8.24. The molecule has 1 atom stereocenters. The number of hydrogen-bond donors (Lipinski definition) is 1. The molecule has 0 aliphatic carbocycles. The van der Waals surface area contributed by atoms with Crippen molar-refractivity contribution < 1.29 is 19.4 Å². The summed E-state index contributed by atoms with van der Waals surface area (Å²) in [6.07, 6.45) is 2.69. The van der Waals surface area contributed by atoms with E-state index in [4.69, 9.17) is 14.6 Å². The van der Waals surface area contributed by atoms with Crippen LogP contribution in [0.2, 0.25) is 0 Å². The molecule has 1 N–H and O–H groups in total. The summed E-state index contributed by atoms with van der Waals surface area (Å²) in [5, 5.41) is 8.95. The number of nitrogens with zero attached hydrogens (tertiary/aromatic N) is 1. The van der Waals surface area contributed by atoms with E-state index in [9.17, 15) is 4.79 Å². The van der Waals surface area contributed by atoms with Crippen LogP contribution >= 0.6 is 0 Å². The number of carbonyl (C=O) groups is 1. The third-order valence-corrected chi connectivity index (χ3v) is 3.04. The quantitative estimate of drug-likeness (QED) is 0.642. The number of piperidine rings is 1. The van der Waals surface area contributed by atoms with Gasteiger partial charge in [0.05, 0.1) is 12.5 Å². The lowest BCUT2D eigenvalue weighted by atomic mass is 9.98. The summed E-state index contributed by atoms with van der Waals surface area (Å²) < 4.78 is 10.4. The van der Waals surface area contributed by atoms with Crippen molar-refractivity contribution in [2.75, 3.05) is 46.6 Å². The Bertz CT molecular complexity index is 223. The van der Waals surface area contributed by atoms with Crippen LogP contribution in [0.5, 0.6) is 0 Å². The van der Waals surface area contributed by atoms with Gasteiger partial charge in [0.25, 0.3) is 0 Å². The van der Waals surface area contributed by atoms with Gasteiger partial charge in [0, 0.05) is 33.4 Å². The molecule has 0 radical (unpaired) electrons. The van der Waals surface area contributed by atoms with Gasteiger partial charge >= 0.3 is 5.97 Å². The molecule has 1 saturated heterocycles. The zero-order chi connectivity index (χ0) is 12.5. The number of carboxylic acid groups (broad SMARTS) is 1. The first-order valence-corrected chi connectivity index (χ1v) is 6.26. The van der Waals surface area contributed by atoms with Gasteiger partial charge in [-0.3, -0.25) is 4.79 Å². The van der Waals surface area contributed by atoms with Gasteiger partial charge < -0.3 is 19.5 Å². The van der Waals surface area contributed by atoms with Gasteiger partial charge in [-0.15, -0.1) is 0 Å². The maximum absolute atomic E-state index is 10.9. The first-order valence-electron chi connectivity index (χ1n) is 6.26. The molecule has 0 aromatic heterocycles. The van der Waals surface area contributed by atoms with Crippen molar-refractivity contribution >= 4 is 5.97 Å². The second kappa shape index (κ2) is 8.44. The molecule has 0 bridgehead atoms. The molecule has 0 aromatic rings. The zero-order valence-corrected chi connectivity index (χ0v) is 10.6. The minimum absolute atomic E-state index is 0.197. The third kappa shape index (κ3) is 6.00. The summed E-state index contributed by atoms with van der Waals surface area (Å²) in [5.74, 6) is -0.868. The van der Waals surface area contributed by atoms with Gasteiger partial charge in [-0.05, 0) is 25.8 Å². The third-order valence-electron chi connectivity index (χ3n) is 3.04. The highest BCUT2D eigenvalue weighted by atomic mass is 16.5. The second-order valence-electron chi connectivity index (χ2n) is 4.44. The van der Waals surface area contributed by atoms with Crippen molar-refractivity contribution in [3.63, 3.8) is 0 Å². The Hall–Kier alpha value is -0.650. The minimum Gasteiger partial charge on any atom is -0.481 e. The summed E-state index contributed by atoms with van der Waals surface area (Å²) in [6, 6.07) is 0. The normalized spacial score (nSPS) is 21.6. The van der Waals surface area contributed by atoms with E-state index in [1.165, 1.54) is 0 Å². The number of aliphatic carboxylic acids is 1. The fourth-order valence-corrected chi connectivity index (χ4v) is 2.06. The molecular formula is C12H23NO4. The van der Waals surface area contributed by atoms with Gasteiger partial charge in [0.15, 0.2) is 0 Å². The molecule has 0 saturated carbocycles. The summed E-state index contributed by atoms with van der Waals surface area (Å²) in [6.45, 7) is 4.60. The Balaban J connectivity index is 2.04. The second-order valence-corrected chi connectivity index (χ2v) is 4.44. The summed E-state index contributed by atoms with van der Waals surface area (Å²) in [7, 11) is 1.68. The van der Waals surface area contributed by atoms with Crippen molar-refractivity contribution in [2.24, 2.45) is 5.92 Å². The highest BCUT2D eigenvalue weighted by molar-refractivity contribution is 5.70. The van der Waals surface area contributed by atoms with Crippen LogP contribution in [-0.2, 0) is 14.3 Å². The van der Waals surface area contributed by atoms with Crippen LogP contribution in [0, 0.1) is 5.92 Å². The van der Waals surface area contributed by atoms with E-state index in [-0.39, 0.29) is 5.92 Å². The van der Waals surface area contributed by atoms with Gasteiger partial charge in [-0.1, -0.05) is 0 Å². The molecule has 1 heterocycles. The van der Waals surface area contributed by atoms with Gasteiger partial charge in [0.1, 0.15) is 0 Å². The number of hydrogen-bond acceptors (Lipinski definition) is 4. The number of ether oxygens (including phenoxy) is 2. The lowest BCUT2D eigenvalue weighted by Gasteiger charge is -2.30. The standard InChI is InChI=1S/C12H23NO4/c1-16-7-3-8-17-9-6-13-5-2-4-11(10-13)12(14)15/h11H,2-10H2,1H3,(H,14,15). The van der Waals surface area contributed by atoms with E-state index in [2.05, 4.69) is 4.90 Å². The molecule has 100 valence electrons. The van der Waals surface area contributed by atoms with Crippen LogP contribution in [0.1, 0.15) is 19.3 Å². The average molecular weight is 245 g/mol. The van der Waals surface area contributed by atoms with Crippen molar-refractivity contribution in [3.8, 4) is 0 Å². The first kappa shape index (κ1) is 14.4. The molecule has 1 rings (SSSR count). The Morgan fingerprint density at radius 1 is 1.41 bits per heavy atom. The number of likely N-dealkylation sites (tertiary alicyclic amines) is 1. The number of methoxy groups -OCH3 is 1. The fraction of sp³-hybridized carbons (Fsp3) is 0.917. The van der Waals surface area contributed by atoms with Crippen molar-refractivity contribution in [1.82, 2.24) is 4.90 Å².